The maximum atomic E-state index is 11.6. The maximum Gasteiger partial charge on any atom is 0.314 e. The Morgan fingerprint density at radius 2 is 2.20 bits per heavy atom. The van der Waals surface area contributed by atoms with Gasteiger partial charge < -0.3 is 10.6 Å². The largest absolute Gasteiger partial charge is 0.338 e. The first-order chi connectivity index (χ1) is 9.55. The highest BCUT2D eigenvalue weighted by molar-refractivity contribution is 7.91. The van der Waals surface area contributed by atoms with Gasteiger partial charge in [0, 0.05) is 31.4 Å². The van der Waals surface area contributed by atoms with Gasteiger partial charge in [0.15, 0.2) is 9.84 Å². The van der Waals surface area contributed by atoms with Crippen LogP contribution in [0.3, 0.4) is 0 Å². The van der Waals surface area contributed by atoms with Crippen molar-refractivity contribution in [2.75, 3.05) is 24.6 Å². The summed E-state index contributed by atoms with van der Waals surface area (Å²) >= 11 is 0. The Morgan fingerprint density at radius 3 is 2.85 bits per heavy atom. The zero-order valence-corrected chi connectivity index (χ0v) is 12.0. The number of nitrogens with zero attached hydrogens (tertiary/aromatic N) is 1. The summed E-state index contributed by atoms with van der Waals surface area (Å²) in [6, 6.07) is 5.40. The lowest BCUT2D eigenvalue weighted by atomic mass is 10.1. The van der Waals surface area contributed by atoms with Crippen molar-refractivity contribution < 1.29 is 13.2 Å². The Labute approximate surface area is 118 Å². The van der Waals surface area contributed by atoms with E-state index >= 15 is 0 Å². The first-order valence-corrected chi connectivity index (χ1v) is 8.49. The Morgan fingerprint density at radius 1 is 1.35 bits per heavy atom. The van der Waals surface area contributed by atoms with Crippen molar-refractivity contribution in [3.8, 4) is 0 Å². The van der Waals surface area contributed by atoms with Crippen LogP contribution in [0.1, 0.15) is 12.1 Å². The molecule has 1 aromatic rings. The van der Waals surface area contributed by atoms with Crippen LogP contribution in [0.15, 0.2) is 24.4 Å². The monoisotopic (exact) mass is 297 g/mol. The molecule has 110 valence electrons. The van der Waals surface area contributed by atoms with Gasteiger partial charge >= 0.3 is 6.03 Å². The molecule has 0 aromatic carbocycles. The normalized spacial score (nSPS) is 20.5. The van der Waals surface area contributed by atoms with Crippen LogP contribution in [0.4, 0.5) is 4.79 Å². The van der Waals surface area contributed by atoms with Crippen molar-refractivity contribution in [1.82, 2.24) is 15.6 Å². The van der Waals surface area contributed by atoms with Crippen LogP contribution in [0.5, 0.6) is 0 Å². The predicted molar refractivity (Wildman–Crippen MR) is 76.1 cm³/mol. The van der Waals surface area contributed by atoms with Crippen molar-refractivity contribution >= 4 is 15.9 Å². The minimum absolute atomic E-state index is 0.0431. The molecule has 0 saturated carbocycles. The standard InChI is InChI=1S/C13H19N3O3S/c17-13(15-7-4-12-3-1-2-6-14-12)16-9-11-5-8-20(18,19)10-11/h1-3,6,11H,4-5,7-10H2,(H2,15,16,17)/t11-/m0/s1. The molecular formula is C13H19N3O3S. The maximum absolute atomic E-state index is 11.6. The summed E-state index contributed by atoms with van der Waals surface area (Å²) in [5.41, 5.74) is 0.926. The van der Waals surface area contributed by atoms with E-state index in [0.717, 1.165) is 5.69 Å². The fourth-order valence-electron chi connectivity index (χ4n) is 2.18. The van der Waals surface area contributed by atoms with Crippen LogP contribution in [-0.4, -0.2) is 44.0 Å². The molecule has 0 bridgehead atoms. The molecule has 7 heteroatoms. The van der Waals surface area contributed by atoms with Crippen LogP contribution >= 0.6 is 0 Å². The molecule has 1 saturated heterocycles. The Hall–Kier alpha value is -1.63. The number of hydrogen-bond acceptors (Lipinski definition) is 4. The van der Waals surface area contributed by atoms with Crippen LogP contribution in [0, 0.1) is 5.92 Å². The highest BCUT2D eigenvalue weighted by atomic mass is 32.2. The third-order valence-electron chi connectivity index (χ3n) is 3.27. The molecule has 0 aliphatic carbocycles. The minimum atomic E-state index is -2.88. The molecule has 1 fully saturated rings. The lowest BCUT2D eigenvalue weighted by Gasteiger charge is -2.10. The summed E-state index contributed by atoms with van der Waals surface area (Å²) in [4.78, 5) is 15.7. The first kappa shape index (κ1) is 14.8. The van der Waals surface area contributed by atoms with Crippen molar-refractivity contribution in [3.63, 3.8) is 0 Å². The molecule has 2 N–H and O–H groups in total. The smallest absolute Gasteiger partial charge is 0.314 e. The Balaban J connectivity index is 1.61. The summed E-state index contributed by atoms with van der Waals surface area (Å²) in [5, 5.41) is 5.45. The van der Waals surface area contributed by atoms with Crippen molar-refractivity contribution in [2.45, 2.75) is 12.8 Å². The number of hydrogen-bond donors (Lipinski definition) is 2. The van der Waals surface area contributed by atoms with Gasteiger partial charge in [0.2, 0.25) is 0 Å². The van der Waals surface area contributed by atoms with Gasteiger partial charge in [-0.05, 0) is 24.5 Å². The van der Waals surface area contributed by atoms with E-state index in [9.17, 15) is 13.2 Å². The molecule has 1 atom stereocenters. The molecule has 0 spiro atoms. The van der Waals surface area contributed by atoms with Crippen LogP contribution in [-0.2, 0) is 16.3 Å². The van der Waals surface area contributed by atoms with Crippen LogP contribution < -0.4 is 10.6 Å². The second kappa shape index (κ2) is 6.69. The fourth-order valence-corrected chi connectivity index (χ4v) is 4.04. The first-order valence-electron chi connectivity index (χ1n) is 6.67. The van der Waals surface area contributed by atoms with Gasteiger partial charge in [0.25, 0.3) is 0 Å². The third kappa shape index (κ3) is 4.80. The summed E-state index contributed by atoms with van der Waals surface area (Å²) in [6.07, 6.45) is 3.03. The Kier molecular flexibility index (Phi) is 4.94. The fraction of sp³-hybridized carbons (Fsp3) is 0.538. The Bertz CT molecular complexity index is 545. The molecule has 0 unspecified atom stereocenters. The van der Waals surface area contributed by atoms with E-state index in [-0.39, 0.29) is 23.5 Å². The topological polar surface area (TPSA) is 88.2 Å². The second-order valence-corrected chi connectivity index (χ2v) is 7.21. The van der Waals surface area contributed by atoms with E-state index in [1.54, 1.807) is 6.20 Å². The van der Waals surface area contributed by atoms with Crippen LogP contribution in [0.2, 0.25) is 0 Å². The van der Waals surface area contributed by atoms with E-state index in [1.807, 2.05) is 18.2 Å². The van der Waals surface area contributed by atoms with Gasteiger partial charge in [-0.1, -0.05) is 6.07 Å². The number of sulfone groups is 1. The lowest BCUT2D eigenvalue weighted by Crippen LogP contribution is -2.39. The molecule has 1 aliphatic heterocycles. The minimum Gasteiger partial charge on any atom is -0.338 e. The summed E-state index contributed by atoms with van der Waals surface area (Å²) in [5.74, 6) is 0.462. The average molecular weight is 297 g/mol. The van der Waals surface area contributed by atoms with Gasteiger partial charge in [-0.3, -0.25) is 4.98 Å². The number of carbonyl (C=O) groups excluding carboxylic acids is 1. The number of rotatable bonds is 5. The van der Waals surface area contributed by atoms with E-state index in [4.69, 9.17) is 0 Å². The third-order valence-corrected chi connectivity index (χ3v) is 5.11. The van der Waals surface area contributed by atoms with E-state index in [0.29, 0.717) is 25.9 Å². The van der Waals surface area contributed by atoms with E-state index in [2.05, 4.69) is 15.6 Å². The molecule has 2 heterocycles. The lowest BCUT2D eigenvalue weighted by molar-refractivity contribution is 0.239. The average Bonchev–Trinajstić information content (AvgIpc) is 2.77. The van der Waals surface area contributed by atoms with Crippen molar-refractivity contribution in [3.05, 3.63) is 30.1 Å². The number of nitrogens with one attached hydrogen (secondary N) is 2. The summed E-state index contributed by atoms with van der Waals surface area (Å²) < 4.78 is 22.6. The quantitative estimate of drug-likeness (QED) is 0.821. The zero-order valence-electron chi connectivity index (χ0n) is 11.2. The number of amides is 2. The zero-order chi connectivity index (χ0) is 14.4. The molecule has 2 amide bonds. The van der Waals surface area contributed by atoms with Gasteiger partial charge in [0.05, 0.1) is 11.5 Å². The number of urea groups is 1. The molecular weight excluding hydrogens is 278 g/mol. The molecule has 0 radical (unpaired) electrons. The van der Waals surface area contributed by atoms with Crippen LogP contribution in [0.25, 0.3) is 0 Å². The molecule has 1 aliphatic rings. The molecule has 1 aromatic heterocycles. The molecule has 6 nitrogen and oxygen atoms in total. The number of carbonyl (C=O) groups is 1. The highest BCUT2D eigenvalue weighted by Crippen LogP contribution is 2.17. The predicted octanol–water partition coefficient (Wildman–Crippen LogP) is 0.358. The van der Waals surface area contributed by atoms with Gasteiger partial charge in [-0.15, -0.1) is 0 Å². The number of pyridine rings is 1. The second-order valence-electron chi connectivity index (χ2n) is 4.98. The highest BCUT2D eigenvalue weighted by Gasteiger charge is 2.27. The van der Waals surface area contributed by atoms with Gasteiger partial charge in [0.1, 0.15) is 0 Å². The van der Waals surface area contributed by atoms with Crippen molar-refractivity contribution in [1.29, 1.82) is 0 Å². The SMILES string of the molecule is O=C(NCCc1ccccn1)NC[C@@H]1CCS(=O)(=O)C1. The van der Waals surface area contributed by atoms with E-state index in [1.165, 1.54) is 0 Å². The number of aromatic nitrogens is 1. The summed E-state index contributed by atoms with van der Waals surface area (Å²) in [6.45, 7) is 0.917. The van der Waals surface area contributed by atoms with Crippen molar-refractivity contribution in [2.24, 2.45) is 5.92 Å². The van der Waals surface area contributed by atoms with Gasteiger partial charge in [-0.2, -0.15) is 0 Å². The molecule has 20 heavy (non-hydrogen) atoms. The molecule has 2 rings (SSSR count). The van der Waals surface area contributed by atoms with E-state index < -0.39 is 9.84 Å². The van der Waals surface area contributed by atoms with Gasteiger partial charge in [-0.25, -0.2) is 13.2 Å². The summed E-state index contributed by atoms with van der Waals surface area (Å²) in [7, 11) is -2.88.